The molecule has 0 aliphatic carbocycles. The lowest BCUT2D eigenvalue weighted by Gasteiger charge is -2.42. The van der Waals surface area contributed by atoms with Crippen molar-refractivity contribution >= 4 is 5.91 Å². The van der Waals surface area contributed by atoms with Crippen molar-refractivity contribution in [3.05, 3.63) is 0 Å². The maximum atomic E-state index is 12.0. The van der Waals surface area contributed by atoms with E-state index < -0.39 is 0 Å². The van der Waals surface area contributed by atoms with E-state index in [2.05, 4.69) is 5.32 Å². The van der Waals surface area contributed by atoms with Gasteiger partial charge in [0, 0.05) is 32.2 Å². The Labute approximate surface area is 84.3 Å². The Morgan fingerprint density at radius 2 is 2.36 bits per heavy atom. The summed E-state index contributed by atoms with van der Waals surface area (Å²) in [6.45, 7) is 5.46. The number of likely N-dealkylation sites (tertiary alicyclic amines) is 1. The van der Waals surface area contributed by atoms with Gasteiger partial charge in [-0.1, -0.05) is 0 Å². The summed E-state index contributed by atoms with van der Waals surface area (Å²) in [7, 11) is 0. The van der Waals surface area contributed by atoms with Gasteiger partial charge in [-0.15, -0.1) is 0 Å². The lowest BCUT2D eigenvalue weighted by molar-refractivity contribution is -0.147. The Bertz CT molecular complexity index is 230. The zero-order valence-corrected chi connectivity index (χ0v) is 8.62. The number of rotatable bonds is 2. The molecule has 0 aromatic rings. The second-order valence-corrected chi connectivity index (χ2v) is 4.75. The van der Waals surface area contributed by atoms with Crippen LogP contribution in [0.5, 0.6) is 0 Å². The second kappa shape index (κ2) is 3.51. The van der Waals surface area contributed by atoms with Gasteiger partial charge in [-0.3, -0.25) is 4.79 Å². The summed E-state index contributed by atoms with van der Waals surface area (Å²) in [5.74, 6) is 0.573. The van der Waals surface area contributed by atoms with Gasteiger partial charge in [0.05, 0.1) is 5.41 Å². The molecule has 0 spiro atoms. The Morgan fingerprint density at radius 1 is 1.64 bits per heavy atom. The minimum atomic E-state index is -0.194. The maximum absolute atomic E-state index is 12.0. The molecule has 0 bridgehead atoms. The number of nitrogens with zero attached hydrogens (tertiary/aromatic N) is 1. The van der Waals surface area contributed by atoms with Crippen LogP contribution in [-0.2, 0) is 4.79 Å². The van der Waals surface area contributed by atoms with Gasteiger partial charge in [-0.2, -0.15) is 0 Å². The standard InChI is InChI=1S/C10H18N2O2/c1-10(2-3-11-7-10)9(14)12-4-8(5-12)6-13/h8,11,13H,2-7H2,1H3. The number of carbonyl (C=O) groups is 1. The Balaban J connectivity index is 1.90. The fraction of sp³-hybridized carbons (Fsp3) is 0.900. The molecule has 1 unspecified atom stereocenters. The first-order chi connectivity index (χ1) is 6.65. The van der Waals surface area contributed by atoms with E-state index in [1.807, 2.05) is 11.8 Å². The van der Waals surface area contributed by atoms with Gasteiger partial charge in [0.15, 0.2) is 0 Å². The summed E-state index contributed by atoms with van der Waals surface area (Å²) in [6, 6.07) is 0. The zero-order valence-electron chi connectivity index (χ0n) is 8.62. The average molecular weight is 198 g/mol. The molecule has 0 saturated carbocycles. The van der Waals surface area contributed by atoms with E-state index >= 15 is 0 Å². The molecular formula is C10H18N2O2. The van der Waals surface area contributed by atoms with Crippen LogP contribution in [0, 0.1) is 11.3 Å². The van der Waals surface area contributed by atoms with Gasteiger partial charge in [0.1, 0.15) is 0 Å². The number of aliphatic hydroxyl groups excluding tert-OH is 1. The van der Waals surface area contributed by atoms with E-state index in [1.54, 1.807) is 0 Å². The van der Waals surface area contributed by atoms with Crippen molar-refractivity contribution in [1.29, 1.82) is 0 Å². The molecule has 80 valence electrons. The molecule has 14 heavy (non-hydrogen) atoms. The Hall–Kier alpha value is -0.610. The SMILES string of the molecule is CC1(C(=O)N2CC(CO)C2)CCNC1. The maximum Gasteiger partial charge on any atom is 0.229 e. The normalized spacial score (nSPS) is 33.1. The average Bonchev–Trinajstić information content (AvgIpc) is 2.51. The van der Waals surface area contributed by atoms with Gasteiger partial charge >= 0.3 is 0 Å². The Morgan fingerprint density at radius 3 is 2.86 bits per heavy atom. The highest BCUT2D eigenvalue weighted by molar-refractivity contribution is 5.83. The van der Waals surface area contributed by atoms with Crippen LogP contribution < -0.4 is 5.32 Å². The van der Waals surface area contributed by atoms with Crippen LogP contribution in [0.2, 0.25) is 0 Å². The monoisotopic (exact) mass is 198 g/mol. The van der Waals surface area contributed by atoms with Crippen molar-refractivity contribution in [2.75, 3.05) is 32.8 Å². The van der Waals surface area contributed by atoms with Gasteiger partial charge in [-0.05, 0) is 19.9 Å². The van der Waals surface area contributed by atoms with Crippen LogP contribution in [0.25, 0.3) is 0 Å². The van der Waals surface area contributed by atoms with Crippen molar-refractivity contribution in [2.45, 2.75) is 13.3 Å². The van der Waals surface area contributed by atoms with E-state index in [9.17, 15) is 4.79 Å². The molecule has 2 aliphatic rings. The molecule has 2 heterocycles. The highest BCUT2D eigenvalue weighted by Gasteiger charge is 2.42. The van der Waals surface area contributed by atoms with Crippen molar-refractivity contribution in [3.8, 4) is 0 Å². The van der Waals surface area contributed by atoms with Crippen LogP contribution in [0.1, 0.15) is 13.3 Å². The van der Waals surface area contributed by atoms with E-state index in [4.69, 9.17) is 5.11 Å². The molecule has 0 aromatic heterocycles. The third kappa shape index (κ3) is 1.53. The van der Waals surface area contributed by atoms with Crippen LogP contribution in [0.4, 0.5) is 0 Å². The summed E-state index contributed by atoms with van der Waals surface area (Å²) < 4.78 is 0. The smallest absolute Gasteiger partial charge is 0.229 e. The van der Waals surface area contributed by atoms with Crippen LogP contribution in [0.3, 0.4) is 0 Å². The molecule has 4 nitrogen and oxygen atoms in total. The summed E-state index contributed by atoms with van der Waals surface area (Å²) in [4.78, 5) is 13.9. The minimum Gasteiger partial charge on any atom is -0.396 e. The number of nitrogens with one attached hydrogen (secondary N) is 1. The molecular weight excluding hydrogens is 180 g/mol. The first-order valence-electron chi connectivity index (χ1n) is 5.27. The first kappa shape index (κ1) is 9.93. The van der Waals surface area contributed by atoms with E-state index in [0.717, 1.165) is 32.6 Å². The summed E-state index contributed by atoms with van der Waals surface area (Å²) in [5.41, 5.74) is -0.194. The molecule has 2 aliphatic heterocycles. The van der Waals surface area contributed by atoms with Crippen molar-refractivity contribution < 1.29 is 9.90 Å². The number of amides is 1. The summed E-state index contributed by atoms with van der Waals surface area (Å²) in [5, 5.41) is 12.1. The van der Waals surface area contributed by atoms with E-state index in [0.29, 0.717) is 5.92 Å². The molecule has 2 saturated heterocycles. The number of hydrogen-bond acceptors (Lipinski definition) is 3. The lowest BCUT2D eigenvalue weighted by Crippen LogP contribution is -2.56. The fourth-order valence-electron chi connectivity index (χ4n) is 2.23. The predicted octanol–water partition coefficient (Wildman–Crippen LogP) is -0.563. The van der Waals surface area contributed by atoms with Crippen LogP contribution >= 0.6 is 0 Å². The molecule has 2 rings (SSSR count). The topological polar surface area (TPSA) is 52.6 Å². The van der Waals surface area contributed by atoms with Crippen LogP contribution in [-0.4, -0.2) is 48.7 Å². The van der Waals surface area contributed by atoms with Crippen molar-refractivity contribution in [3.63, 3.8) is 0 Å². The molecule has 1 amide bonds. The third-order valence-corrected chi connectivity index (χ3v) is 3.39. The molecule has 0 aromatic carbocycles. The Kier molecular flexibility index (Phi) is 2.49. The van der Waals surface area contributed by atoms with Gasteiger partial charge < -0.3 is 15.3 Å². The van der Waals surface area contributed by atoms with Gasteiger partial charge in [-0.25, -0.2) is 0 Å². The minimum absolute atomic E-state index is 0.194. The first-order valence-corrected chi connectivity index (χ1v) is 5.27. The van der Waals surface area contributed by atoms with E-state index in [1.165, 1.54) is 0 Å². The van der Waals surface area contributed by atoms with Gasteiger partial charge in [0.25, 0.3) is 0 Å². The number of hydrogen-bond donors (Lipinski definition) is 2. The largest absolute Gasteiger partial charge is 0.396 e. The lowest BCUT2D eigenvalue weighted by atomic mass is 9.85. The third-order valence-electron chi connectivity index (χ3n) is 3.39. The number of carbonyl (C=O) groups excluding carboxylic acids is 1. The quantitative estimate of drug-likeness (QED) is 0.625. The molecule has 2 N–H and O–H groups in total. The highest BCUT2D eigenvalue weighted by Crippen LogP contribution is 2.30. The second-order valence-electron chi connectivity index (χ2n) is 4.75. The van der Waals surface area contributed by atoms with Crippen LogP contribution in [0.15, 0.2) is 0 Å². The van der Waals surface area contributed by atoms with E-state index in [-0.39, 0.29) is 17.9 Å². The predicted molar refractivity (Wildman–Crippen MR) is 52.7 cm³/mol. The number of aliphatic hydroxyl groups is 1. The van der Waals surface area contributed by atoms with Crippen molar-refractivity contribution in [2.24, 2.45) is 11.3 Å². The van der Waals surface area contributed by atoms with Crippen molar-refractivity contribution in [1.82, 2.24) is 10.2 Å². The fourth-order valence-corrected chi connectivity index (χ4v) is 2.23. The molecule has 2 fully saturated rings. The summed E-state index contributed by atoms with van der Waals surface area (Å²) in [6.07, 6.45) is 0.937. The molecule has 4 heteroatoms. The summed E-state index contributed by atoms with van der Waals surface area (Å²) >= 11 is 0. The molecule has 1 atom stereocenters. The molecule has 0 radical (unpaired) electrons. The highest BCUT2D eigenvalue weighted by atomic mass is 16.3. The zero-order chi connectivity index (χ0) is 10.2. The van der Waals surface area contributed by atoms with Gasteiger partial charge in [0.2, 0.25) is 5.91 Å².